The smallest absolute Gasteiger partial charge is 0.0192 e. The van der Waals surface area contributed by atoms with Crippen molar-refractivity contribution in [3.63, 3.8) is 0 Å². The molecule has 2 fully saturated rings. The van der Waals surface area contributed by atoms with E-state index in [0.29, 0.717) is 6.04 Å². The molecule has 2 nitrogen and oxygen atoms in total. The van der Waals surface area contributed by atoms with E-state index in [2.05, 4.69) is 24.2 Å². The first-order chi connectivity index (χ1) is 7.26. The van der Waals surface area contributed by atoms with Gasteiger partial charge in [0.1, 0.15) is 0 Å². The first-order valence-electron chi connectivity index (χ1n) is 6.64. The summed E-state index contributed by atoms with van der Waals surface area (Å²) >= 11 is 0. The lowest BCUT2D eigenvalue weighted by atomic mass is 9.77. The van der Waals surface area contributed by atoms with Crippen LogP contribution >= 0.6 is 0 Å². The van der Waals surface area contributed by atoms with Crippen molar-refractivity contribution in [1.29, 1.82) is 0 Å². The number of nitrogens with one attached hydrogen (secondary N) is 1. The quantitative estimate of drug-likeness (QED) is 0.768. The maximum Gasteiger partial charge on any atom is 0.0192 e. The lowest BCUT2D eigenvalue weighted by molar-refractivity contribution is 0.0818. The van der Waals surface area contributed by atoms with E-state index in [1.165, 1.54) is 51.6 Å². The third kappa shape index (κ3) is 2.54. The fraction of sp³-hybridized carbons (Fsp3) is 1.00. The summed E-state index contributed by atoms with van der Waals surface area (Å²) in [6, 6.07) is 0.716. The Morgan fingerprint density at radius 1 is 1.13 bits per heavy atom. The van der Waals surface area contributed by atoms with Crippen LogP contribution < -0.4 is 5.32 Å². The van der Waals surface area contributed by atoms with Crippen LogP contribution in [0.3, 0.4) is 0 Å². The number of likely N-dealkylation sites (tertiary alicyclic amines) is 1. The summed E-state index contributed by atoms with van der Waals surface area (Å²) in [5.74, 6) is 0. The molecule has 2 heteroatoms. The molecular formula is C13H26N2. The number of hydrogen-bond acceptors (Lipinski definition) is 2. The normalized spacial score (nSPS) is 28.4. The van der Waals surface area contributed by atoms with Gasteiger partial charge in [-0.2, -0.15) is 0 Å². The van der Waals surface area contributed by atoms with E-state index in [4.69, 9.17) is 0 Å². The SMILES string of the molecule is CNCC(C)N1CCC2(CCCC2)CC1. The molecule has 0 radical (unpaired) electrons. The van der Waals surface area contributed by atoms with Gasteiger partial charge >= 0.3 is 0 Å². The molecule has 0 amide bonds. The van der Waals surface area contributed by atoms with E-state index in [1.54, 1.807) is 0 Å². The summed E-state index contributed by atoms with van der Waals surface area (Å²) in [6.07, 6.45) is 8.93. The predicted molar refractivity (Wildman–Crippen MR) is 65.1 cm³/mol. The van der Waals surface area contributed by atoms with Crippen molar-refractivity contribution in [2.75, 3.05) is 26.7 Å². The third-order valence-corrected chi connectivity index (χ3v) is 4.65. The number of nitrogens with zero attached hydrogens (tertiary/aromatic N) is 1. The molecule has 0 aromatic heterocycles. The Balaban J connectivity index is 1.81. The van der Waals surface area contributed by atoms with E-state index < -0.39 is 0 Å². The first-order valence-corrected chi connectivity index (χ1v) is 6.64. The molecule has 0 aromatic carbocycles. The monoisotopic (exact) mass is 210 g/mol. The van der Waals surface area contributed by atoms with E-state index in [-0.39, 0.29) is 0 Å². The molecule has 1 heterocycles. The van der Waals surface area contributed by atoms with Gasteiger partial charge in [-0.3, -0.25) is 4.90 Å². The van der Waals surface area contributed by atoms with Crippen LogP contribution in [0.1, 0.15) is 45.4 Å². The van der Waals surface area contributed by atoms with Crippen molar-refractivity contribution in [3.05, 3.63) is 0 Å². The maximum absolute atomic E-state index is 3.28. The summed E-state index contributed by atoms with van der Waals surface area (Å²) in [5.41, 5.74) is 0.774. The second-order valence-corrected chi connectivity index (χ2v) is 5.65. The molecule has 2 aliphatic rings. The summed E-state index contributed by atoms with van der Waals surface area (Å²) < 4.78 is 0. The Morgan fingerprint density at radius 2 is 1.73 bits per heavy atom. The molecule has 15 heavy (non-hydrogen) atoms. The minimum atomic E-state index is 0.716. The van der Waals surface area contributed by atoms with Crippen LogP contribution in [-0.4, -0.2) is 37.6 Å². The molecule has 1 aliphatic heterocycles. The third-order valence-electron chi connectivity index (χ3n) is 4.65. The highest BCUT2D eigenvalue weighted by Crippen LogP contribution is 2.46. The lowest BCUT2D eigenvalue weighted by Gasteiger charge is -2.42. The van der Waals surface area contributed by atoms with Crippen molar-refractivity contribution in [3.8, 4) is 0 Å². The fourth-order valence-electron chi connectivity index (χ4n) is 3.49. The Bertz CT molecular complexity index is 187. The van der Waals surface area contributed by atoms with Gasteiger partial charge in [-0.05, 0) is 58.2 Å². The van der Waals surface area contributed by atoms with Crippen LogP contribution in [0.4, 0.5) is 0 Å². The molecule has 88 valence electrons. The minimum absolute atomic E-state index is 0.716. The Labute approximate surface area is 94.4 Å². The summed E-state index contributed by atoms with van der Waals surface area (Å²) in [7, 11) is 2.05. The van der Waals surface area contributed by atoms with Crippen molar-refractivity contribution >= 4 is 0 Å². The van der Waals surface area contributed by atoms with Gasteiger partial charge in [0, 0.05) is 12.6 Å². The van der Waals surface area contributed by atoms with Gasteiger partial charge in [0.25, 0.3) is 0 Å². The summed E-state index contributed by atoms with van der Waals surface area (Å²) in [6.45, 7) is 6.15. The Morgan fingerprint density at radius 3 is 2.27 bits per heavy atom. The number of likely N-dealkylation sites (N-methyl/N-ethyl adjacent to an activating group) is 1. The van der Waals surface area contributed by atoms with Crippen molar-refractivity contribution in [1.82, 2.24) is 10.2 Å². The van der Waals surface area contributed by atoms with Crippen LogP contribution in [0.15, 0.2) is 0 Å². The zero-order chi connectivity index (χ0) is 10.7. The topological polar surface area (TPSA) is 15.3 Å². The Hall–Kier alpha value is -0.0800. The lowest BCUT2D eigenvalue weighted by Crippen LogP contribution is -2.46. The van der Waals surface area contributed by atoms with Crippen LogP contribution in [0.25, 0.3) is 0 Å². The van der Waals surface area contributed by atoms with Gasteiger partial charge in [0.15, 0.2) is 0 Å². The second kappa shape index (κ2) is 4.84. The Kier molecular flexibility index (Phi) is 3.68. The van der Waals surface area contributed by atoms with Crippen molar-refractivity contribution < 1.29 is 0 Å². The highest BCUT2D eigenvalue weighted by atomic mass is 15.2. The molecule has 0 bridgehead atoms. The zero-order valence-corrected chi connectivity index (χ0v) is 10.4. The molecule has 1 spiro atoms. The van der Waals surface area contributed by atoms with Crippen LogP contribution in [-0.2, 0) is 0 Å². The number of rotatable bonds is 3. The molecule has 1 saturated carbocycles. The average molecular weight is 210 g/mol. The second-order valence-electron chi connectivity index (χ2n) is 5.65. The van der Waals surface area contributed by atoms with Crippen molar-refractivity contribution in [2.45, 2.75) is 51.5 Å². The highest BCUT2D eigenvalue weighted by Gasteiger charge is 2.37. The predicted octanol–water partition coefficient (Wildman–Crippen LogP) is 2.25. The fourth-order valence-corrected chi connectivity index (χ4v) is 3.49. The average Bonchev–Trinajstić information content (AvgIpc) is 2.68. The van der Waals surface area contributed by atoms with E-state index in [9.17, 15) is 0 Å². The largest absolute Gasteiger partial charge is 0.318 e. The first kappa shape index (κ1) is 11.4. The van der Waals surface area contributed by atoms with Crippen LogP contribution in [0, 0.1) is 5.41 Å². The molecule has 1 aliphatic carbocycles. The van der Waals surface area contributed by atoms with Crippen LogP contribution in [0.2, 0.25) is 0 Å². The van der Waals surface area contributed by atoms with E-state index in [1.807, 2.05) is 0 Å². The van der Waals surface area contributed by atoms with Gasteiger partial charge in [0.05, 0.1) is 0 Å². The van der Waals surface area contributed by atoms with Crippen molar-refractivity contribution in [2.24, 2.45) is 5.41 Å². The van der Waals surface area contributed by atoms with Gasteiger partial charge in [0.2, 0.25) is 0 Å². The van der Waals surface area contributed by atoms with Gasteiger partial charge < -0.3 is 5.32 Å². The summed E-state index contributed by atoms with van der Waals surface area (Å²) in [5, 5.41) is 3.28. The molecule has 1 N–H and O–H groups in total. The molecular weight excluding hydrogens is 184 g/mol. The van der Waals surface area contributed by atoms with E-state index >= 15 is 0 Å². The summed E-state index contributed by atoms with van der Waals surface area (Å²) in [4.78, 5) is 2.67. The molecule has 2 rings (SSSR count). The zero-order valence-electron chi connectivity index (χ0n) is 10.4. The number of piperidine rings is 1. The van der Waals surface area contributed by atoms with E-state index in [0.717, 1.165) is 12.0 Å². The molecule has 1 unspecified atom stereocenters. The van der Waals surface area contributed by atoms with Crippen LogP contribution in [0.5, 0.6) is 0 Å². The number of hydrogen-bond donors (Lipinski definition) is 1. The van der Waals surface area contributed by atoms with Gasteiger partial charge in [-0.25, -0.2) is 0 Å². The molecule has 0 aromatic rings. The standard InChI is InChI=1S/C13H26N2/c1-12(11-14-2)15-9-7-13(8-10-15)5-3-4-6-13/h12,14H,3-11H2,1-2H3. The van der Waals surface area contributed by atoms with Gasteiger partial charge in [-0.1, -0.05) is 12.8 Å². The maximum atomic E-state index is 3.28. The van der Waals surface area contributed by atoms with Gasteiger partial charge in [-0.15, -0.1) is 0 Å². The molecule has 1 atom stereocenters. The highest BCUT2D eigenvalue weighted by molar-refractivity contribution is 4.90. The molecule has 1 saturated heterocycles. The minimum Gasteiger partial charge on any atom is -0.318 e.